The summed E-state index contributed by atoms with van der Waals surface area (Å²) in [5.74, 6) is -0.908. The molecule has 18 heavy (non-hydrogen) atoms. The number of nitrogens with one attached hydrogen (secondary N) is 2. The molecule has 0 aliphatic carbocycles. The van der Waals surface area contributed by atoms with Crippen LogP contribution in [0.15, 0.2) is 0 Å². The molecule has 0 aliphatic heterocycles. The first-order valence-corrected chi connectivity index (χ1v) is 6.26. The van der Waals surface area contributed by atoms with Crippen molar-refractivity contribution in [2.45, 2.75) is 33.2 Å². The summed E-state index contributed by atoms with van der Waals surface area (Å²) in [6, 6.07) is 0.204. The van der Waals surface area contributed by atoms with Gasteiger partial charge in [0.15, 0.2) is 0 Å². The van der Waals surface area contributed by atoms with Gasteiger partial charge in [0.05, 0.1) is 0 Å². The lowest BCUT2D eigenvalue weighted by Gasteiger charge is -2.21. The molecule has 0 radical (unpaired) electrons. The minimum absolute atomic E-state index is 0.0633. The lowest BCUT2D eigenvalue weighted by molar-refractivity contribution is -0.137. The van der Waals surface area contributed by atoms with Gasteiger partial charge in [-0.2, -0.15) is 0 Å². The largest absolute Gasteiger partial charge is 0.481 e. The molecule has 0 rings (SSSR count). The maximum Gasteiger partial charge on any atom is 0.314 e. The normalized spacial score (nSPS) is 12.6. The Morgan fingerprint density at radius 3 is 2.33 bits per heavy atom. The Bertz CT molecular complexity index is 269. The number of nitrogens with zero attached hydrogens (tertiary/aromatic N) is 1. The van der Waals surface area contributed by atoms with Crippen LogP contribution in [0.2, 0.25) is 0 Å². The van der Waals surface area contributed by atoms with Crippen molar-refractivity contribution in [1.82, 2.24) is 15.5 Å². The Balaban J connectivity index is 3.63. The van der Waals surface area contributed by atoms with Crippen molar-refractivity contribution < 1.29 is 14.7 Å². The molecular formula is C12H25N3O3. The van der Waals surface area contributed by atoms with E-state index in [1.54, 1.807) is 6.92 Å². The number of likely N-dealkylation sites (N-methyl/N-ethyl adjacent to an activating group) is 1. The molecular weight excluding hydrogens is 234 g/mol. The molecule has 0 fully saturated rings. The van der Waals surface area contributed by atoms with E-state index in [9.17, 15) is 9.59 Å². The highest BCUT2D eigenvalue weighted by molar-refractivity contribution is 5.74. The Labute approximate surface area is 109 Å². The summed E-state index contributed by atoms with van der Waals surface area (Å²) in [6.45, 7) is 7.71. The molecule has 3 N–H and O–H groups in total. The van der Waals surface area contributed by atoms with Crippen LogP contribution < -0.4 is 10.6 Å². The molecule has 2 amide bonds. The van der Waals surface area contributed by atoms with Gasteiger partial charge in [0.1, 0.15) is 0 Å². The third-order valence-electron chi connectivity index (χ3n) is 2.77. The highest BCUT2D eigenvalue weighted by Gasteiger charge is 2.09. The van der Waals surface area contributed by atoms with Gasteiger partial charge in [-0.1, -0.05) is 6.92 Å². The Morgan fingerprint density at radius 1 is 1.22 bits per heavy atom. The Hall–Kier alpha value is -1.30. The number of carbonyl (C=O) groups excluding carboxylic acids is 1. The van der Waals surface area contributed by atoms with Gasteiger partial charge in [-0.3, -0.25) is 4.79 Å². The van der Waals surface area contributed by atoms with Gasteiger partial charge < -0.3 is 20.6 Å². The van der Waals surface area contributed by atoms with Crippen LogP contribution in [0.1, 0.15) is 27.2 Å². The maximum atomic E-state index is 11.4. The molecule has 6 nitrogen and oxygen atoms in total. The van der Waals surface area contributed by atoms with Crippen LogP contribution in [-0.2, 0) is 4.79 Å². The molecule has 1 unspecified atom stereocenters. The molecule has 0 heterocycles. The van der Waals surface area contributed by atoms with E-state index in [1.807, 2.05) is 7.05 Å². The van der Waals surface area contributed by atoms with Crippen LogP contribution in [0.25, 0.3) is 0 Å². The number of rotatable bonds is 8. The zero-order valence-electron chi connectivity index (χ0n) is 11.7. The zero-order chi connectivity index (χ0) is 14.1. The van der Waals surface area contributed by atoms with E-state index in [4.69, 9.17) is 5.11 Å². The third kappa shape index (κ3) is 8.81. The van der Waals surface area contributed by atoms with Gasteiger partial charge in [0.2, 0.25) is 0 Å². The van der Waals surface area contributed by atoms with Crippen molar-refractivity contribution in [2.24, 2.45) is 5.92 Å². The smallest absolute Gasteiger partial charge is 0.314 e. The lowest BCUT2D eigenvalue weighted by atomic mass is 10.1. The number of carboxylic acid groups (broad SMARTS) is 1. The number of aliphatic carboxylic acids is 1. The fraction of sp³-hybridized carbons (Fsp3) is 0.833. The van der Waals surface area contributed by atoms with Crippen LogP contribution in [0.3, 0.4) is 0 Å². The SMILES string of the molecule is CC(CNC(=O)NCCN(C)C(C)C)CC(=O)O. The molecule has 0 saturated heterocycles. The molecule has 0 aliphatic rings. The van der Waals surface area contributed by atoms with E-state index in [-0.39, 0.29) is 18.4 Å². The van der Waals surface area contributed by atoms with E-state index in [0.29, 0.717) is 19.1 Å². The second-order valence-corrected chi connectivity index (χ2v) is 4.91. The molecule has 0 saturated carbocycles. The molecule has 0 aromatic carbocycles. The number of hydrogen-bond acceptors (Lipinski definition) is 3. The minimum Gasteiger partial charge on any atom is -0.481 e. The van der Waals surface area contributed by atoms with Gasteiger partial charge in [-0.25, -0.2) is 4.79 Å². The average molecular weight is 259 g/mol. The highest BCUT2D eigenvalue weighted by Crippen LogP contribution is 1.98. The van der Waals surface area contributed by atoms with Gasteiger partial charge in [0, 0.05) is 32.1 Å². The van der Waals surface area contributed by atoms with E-state index in [1.165, 1.54) is 0 Å². The summed E-state index contributed by atoms with van der Waals surface area (Å²) in [5, 5.41) is 14.0. The average Bonchev–Trinajstić information content (AvgIpc) is 2.25. The first kappa shape index (κ1) is 16.7. The molecule has 1 atom stereocenters. The quantitative estimate of drug-likeness (QED) is 0.600. The van der Waals surface area contributed by atoms with Gasteiger partial charge >= 0.3 is 12.0 Å². The van der Waals surface area contributed by atoms with E-state index in [2.05, 4.69) is 29.4 Å². The Morgan fingerprint density at radius 2 is 1.83 bits per heavy atom. The number of carboxylic acids is 1. The van der Waals surface area contributed by atoms with Crippen LogP contribution in [0, 0.1) is 5.92 Å². The highest BCUT2D eigenvalue weighted by atomic mass is 16.4. The summed E-state index contributed by atoms with van der Waals surface area (Å²) in [4.78, 5) is 24.0. The summed E-state index contributed by atoms with van der Waals surface area (Å²) in [5.41, 5.74) is 0. The van der Waals surface area contributed by atoms with Crippen molar-refractivity contribution in [3.8, 4) is 0 Å². The fourth-order valence-electron chi connectivity index (χ4n) is 1.30. The molecule has 0 aromatic heterocycles. The van der Waals surface area contributed by atoms with Gasteiger partial charge in [0.25, 0.3) is 0 Å². The third-order valence-corrected chi connectivity index (χ3v) is 2.77. The summed E-state index contributed by atoms with van der Waals surface area (Å²) < 4.78 is 0. The van der Waals surface area contributed by atoms with Crippen LogP contribution >= 0.6 is 0 Å². The van der Waals surface area contributed by atoms with Crippen LogP contribution in [0.4, 0.5) is 4.79 Å². The molecule has 106 valence electrons. The first-order chi connectivity index (χ1) is 8.32. The van der Waals surface area contributed by atoms with Crippen molar-refractivity contribution in [2.75, 3.05) is 26.7 Å². The number of urea groups is 1. The Kier molecular flexibility index (Phi) is 8.11. The molecule has 6 heteroatoms. The monoisotopic (exact) mass is 259 g/mol. The predicted molar refractivity (Wildman–Crippen MR) is 70.6 cm³/mol. The second-order valence-electron chi connectivity index (χ2n) is 4.91. The van der Waals surface area contributed by atoms with Crippen molar-refractivity contribution in [3.63, 3.8) is 0 Å². The van der Waals surface area contributed by atoms with Crippen molar-refractivity contribution in [3.05, 3.63) is 0 Å². The summed E-state index contributed by atoms with van der Waals surface area (Å²) in [7, 11) is 2.00. The van der Waals surface area contributed by atoms with Crippen molar-refractivity contribution in [1.29, 1.82) is 0 Å². The predicted octanol–water partition coefficient (Wildman–Crippen LogP) is 0.737. The fourth-order valence-corrected chi connectivity index (χ4v) is 1.30. The van der Waals surface area contributed by atoms with Crippen molar-refractivity contribution >= 4 is 12.0 Å². The number of hydrogen-bond donors (Lipinski definition) is 3. The summed E-state index contributed by atoms with van der Waals surface area (Å²) in [6.07, 6.45) is 0.0658. The number of carbonyl (C=O) groups is 2. The molecule has 0 spiro atoms. The van der Waals surface area contributed by atoms with Gasteiger partial charge in [-0.05, 0) is 26.8 Å². The van der Waals surface area contributed by atoms with Crippen LogP contribution in [-0.4, -0.2) is 54.7 Å². The van der Waals surface area contributed by atoms with Crippen LogP contribution in [0.5, 0.6) is 0 Å². The second kappa shape index (κ2) is 8.74. The minimum atomic E-state index is -0.844. The lowest BCUT2D eigenvalue weighted by Crippen LogP contribution is -2.42. The number of amides is 2. The van der Waals surface area contributed by atoms with E-state index in [0.717, 1.165) is 6.54 Å². The molecule has 0 aromatic rings. The topological polar surface area (TPSA) is 81.7 Å². The van der Waals surface area contributed by atoms with E-state index < -0.39 is 5.97 Å². The maximum absolute atomic E-state index is 11.4. The first-order valence-electron chi connectivity index (χ1n) is 6.26. The van der Waals surface area contributed by atoms with Gasteiger partial charge in [-0.15, -0.1) is 0 Å². The summed E-state index contributed by atoms with van der Waals surface area (Å²) >= 11 is 0. The standard InChI is InChI=1S/C12H25N3O3/c1-9(2)15(4)6-5-13-12(18)14-8-10(3)7-11(16)17/h9-10H,5-8H2,1-4H3,(H,16,17)(H2,13,14,18). The molecule has 0 bridgehead atoms. The van der Waals surface area contributed by atoms with E-state index >= 15 is 0 Å². The zero-order valence-corrected chi connectivity index (χ0v) is 11.7.